The van der Waals surface area contributed by atoms with Crippen molar-refractivity contribution in [1.29, 1.82) is 0 Å². The lowest BCUT2D eigenvalue weighted by molar-refractivity contribution is 0.240. The number of nitrogens with zero attached hydrogens (tertiary/aromatic N) is 1. The summed E-state index contributed by atoms with van der Waals surface area (Å²) in [5.41, 5.74) is 5.14. The smallest absolute Gasteiger partial charge is 0.113 e. The van der Waals surface area contributed by atoms with Gasteiger partial charge in [-0.3, -0.25) is 10.7 Å². The molecule has 1 aromatic rings. The number of rotatable bonds is 3. The van der Waals surface area contributed by atoms with Crippen molar-refractivity contribution < 1.29 is 5.21 Å². The van der Waals surface area contributed by atoms with Crippen LogP contribution >= 0.6 is 0 Å². The maximum Gasteiger partial charge on any atom is 0.113 e. The van der Waals surface area contributed by atoms with Crippen molar-refractivity contribution in [3.8, 4) is 0 Å². The number of aryl methyl sites for hydroxylation is 1. The Labute approximate surface area is 84.4 Å². The molecule has 0 spiro atoms. The lowest BCUT2D eigenvalue weighted by atomic mass is 10.0. The Balaban J connectivity index is 3.02. The van der Waals surface area contributed by atoms with Gasteiger partial charge in [0.25, 0.3) is 0 Å². The van der Waals surface area contributed by atoms with Crippen LogP contribution in [0, 0.1) is 6.92 Å². The standard InChI is InChI=1S/C11H16N2O/c1-8(2)10-5-4-9(3)11(6-10)12-7-13-14/h4-8,14H,1-3H3,(H,12,13). The highest BCUT2D eigenvalue weighted by atomic mass is 16.5. The quantitative estimate of drug-likeness (QED) is 0.439. The van der Waals surface area contributed by atoms with Crippen LogP contribution in [0.4, 0.5) is 5.69 Å². The Kier molecular flexibility index (Phi) is 3.65. The molecule has 2 N–H and O–H groups in total. The van der Waals surface area contributed by atoms with Gasteiger partial charge in [0.2, 0.25) is 0 Å². The summed E-state index contributed by atoms with van der Waals surface area (Å²) in [5.74, 6) is 0.492. The van der Waals surface area contributed by atoms with Gasteiger partial charge in [-0.2, -0.15) is 0 Å². The van der Waals surface area contributed by atoms with Crippen LogP contribution < -0.4 is 5.48 Å². The first-order chi connectivity index (χ1) is 6.65. The van der Waals surface area contributed by atoms with Crippen LogP contribution in [-0.4, -0.2) is 11.5 Å². The predicted octanol–water partition coefficient (Wildman–Crippen LogP) is 2.76. The van der Waals surface area contributed by atoms with Gasteiger partial charge >= 0.3 is 0 Å². The Bertz CT molecular complexity index is 332. The second-order valence-corrected chi connectivity index (χ2v) is 3.59. The van der Waals surface area contributed by atoms with Gasteiger partial charge in [0.05, 0.1) is 5.69 Å². The number of hydroxylamine groups is 1. The molecular weight excluding hydrogens is 176 g/mol. The van der Waals surface area contributed by atoms with Crippen molar-refractivity contribution in [1.82, 2.24) is 5.48 Å². The lowest BCUT2D eigenvalue weighted by Crippen LogP contribution is -2.01. The molecule has 0 unspecified atom stereocenters. The molecule has 0 aliphatic rings. The van der Waals surface area contributed by atoms with Crippen LogP contribution in [0.1, 0.15) is 30.9 Å². The molecule has 0 fully saturated rings. The van der Waals surface area contributed by atoms with Crippen LogP contribution in [-0.2, 0) is 0 Å². The van der Waals surface area contributed by atoms with Crippen LogP contribution in [0.2, 0.25) is 0 Å². The van der Waals surface area contributed by atoms with Crippen LogP contribution in [0.15, 0.2) is 23.2 Å². The molecular formula is C11H16N2O. The molecule has 1 rings (SSSR count). The minimum atomic E-state index is 0.492. The molecule has 0 saturated heterocycles. The van der Waals surface area contributed by atoms with Gasteiger partial charge in [-0.25, -0.2) is 4.99 Å². The van der Waals surface area contributed by atoms with Crippen molar-refractivity contribution >= 4 is 12.0 Å². The van der Waals surface area contributed by atoms with Gasteiger partial charge < -0.3 is 0 Å². The number of benzene rings is 1. The van der Waals surface area contributed by atoms with Crippen molar-refractivity contribution in [3.63, 3.8) is 0 Å². The zero-order chi connectivity index (χ0) is 10.6. The summed E-state index contributed by atoms with van der Waals surface area (Å²) < 4.78 is 0. The predicted molar refractivity (Wildman–Crippen MR) is 58.3 cm³/mol. The van der Waals surface area contributed by atoms with Crippen molar-refractivity contribution in [3.05, 3.63) is 29.3 Å². The van der Waals surface area contributed by atoms with Crippen LogP contribution in [0.25, 0.3) is 0 Å². The summed E-state index contributed by atoms with van der Waals surface area (Å²) in [6, 6.07) is 6.18. The van der Waals surface area contributed by atoms with E-state index in [4.69, 9.17) is 5.21 Å². The van der Waals surface area contributed by atoms with Gasteiger partial charge in [-0.15, -0.1) is 0 Å². The number of hydrogen-bond acceptors (Lipinski definition) is 2. The monoisotopic (exact) mass is 192 g/mol. The largest absolute Gasteiger partial charge is 0.290 e. The fourth-order valence-corrected chi connectivity index (χ4v) is 1.22. The van der Waals surface area contributed by atoms with Crippen molar-refractivity contribution in [2.24, 2.45) is 4.99 Å². The second kappa shape index (κ2) is 4.77. The Morgan fingerprint density at radius 3 is 2.71 bits per heavy atom. The second-order valence-electron chi connectivity index (χ2n) is 3.59. The van der Waals surface area contributed by atoms with E-state index in [2.05, 4.69) is 24.9 Å². The third-order valence-corrected chi connectivity index (χ3v) is 2.16. The van der Waals surface area contributed by atoms with Gasteiger partial charge in [0.1, 0.15) is 6.34 Å². The maximum absolute atomic E-state index is 8.40. The van der Waals surface area contributed by atoms with Gasteiger partial charge in [0.15, 0.2) is 0 Å². The number of aliphatic imine (C=N–C) groups is 1. The SMILES string of the molecule is Cc1ccc(C(C)C)cc1N=CNO. The summed E-state index contributed by atoms with van der Waals surface area (Å²) >= 11 is 0. The Hall–Kier alpha value is -1.35. The molecule has 76 valence electrons. The van der Waals surface area contributed by atoms with Gasteiger partial charge in [-0.1, -0.05) is 26.0 Å². The Morgan fingerprint density at radius 1 is 1.43 bits per heavy atom. The minimum absolute atomic E-state index is 0.492. The molecule has 0 amide bonds. The molecule has 0 aromatic heterocycles. The molecule has 3 heteroatoms. The molecule has 1 aromatic carbocycles. The summed E-state index contributed by atoms with van der Waals surface area (Å²) in [6.45, 7) is 6.28. The fourth-order valence-electron chi connectivity index (χ4n) is 1.22. The lowest BCUT2D eigenvalue weighted by Gasteiger charge is -2.07. The average molecular weight is 192 g/mol. The van der Waals surface area contributed by atoms with Gasteiger partial charge in [0, 0.05) is 0 Å². The minimum Gasteiger partial charge on any atom is -0.290 e. The van der Waals surface area contributed by atoms with E-state index < -0.39 is 0 Å². The first kappa shape index (κ1) is 10.7. The van der Waals surface area contributed by atoms with Gasteiger partial charge in [-0.05, 0) is 30.0 Å². The molecule has 0 saturated carbocycles. The van der Waals surface area contributed by atoms with E-state index in [1.165, 1.54) is 11.9 Å². The molecule has 0 bridgehead atoms. The van der Waals surface area contributed by atoms with E-state index in [1.807, 2.05) is 24.5 Å². The summed E-state index contributed by atoms with van der Waals surface area (Å²) in [4.78, 5) is 4.08. The number of hydrogen-bond donors (Lipinski definition) is 2. The van der Waals surface area contributed by atoms with E-state index in [-0.39, 0.29) is 0 Å². The average Bonchev–Trinajstić information content (AvgIpc) is 2.16. The molecule has 14 heavy (non-hydrogen) atoms. The summed E-state index contributed by atoms with van der Waals surface area (Å²) in [7, 11) is 0. The maximum atomic E-state index is 8.40. The topological polar surface area (TPSA) is 44.6 Å². The fraction of sp³-hybridized carbons (Fsp3) is 0.364. The highest BCUT2D eigenvalue weighted by Gasteiger charge is 2.01. The van der Waals surface area contributed by atoms with E-state index in [1.54, 1.807) is 0 Å². The van der Waals surface area contributed by atoms with Crippen LogP contribution in [0.5, 0.6) is 0 Å². The highest BCUT2D eigenvalue weighted by molar-refractivity contribution is 5.62. The first-order valence-corrected chi connectivity index (χ1v) is 4.68. The van der Waals surface area contributed by atoms with Crippen LogP contribution in [0.3, 0.4) is 0 Å². The third kappa shape index (κ3) is 2.57. The van der Waals surface area contributed by atoms with E-state index >= 15 is 0 Å². The zero-order valence-electron chi connectivity index (χ0n) is 8.78. The molecule has 0 aliphatic carbocycles. The van der Waals surface area contributed by atoms with E-state index in [0.717, 1.165) is 11.3 Å². The summed E-state index contributed by atoms with van der Waals surface area (Å²) in [5, 5.41) is 8.40. The molecule has 0 radical (unpaired) electrons. The van der Waals surface area contributed by atoms with E-state index in [0.29, 0.717) is 5.92 Å². The molecule has 0 aliphatic heterocycles. The molecule has 0 heterocycles. The Morgan fingerprint density at radius 2 is 2.14 bits per heavy atom. The normalized spacial score (nSPS) is 11.2. The molecule has 0 atom stereocenters. The summed E-state index contributed by atoms with van der Waals surface area (Å²) in [6.07, 6.45) is 1.27. The zero-order valence-corrected chi connectivity index (χ0v) is 8.78. The first-order valence-electron chi connectivity index (χ1n) is 4.68. The van der Waals surface area contributed by atoms with Crippen molar-refractivity contribution in [2.75, 3.05) is 0 Å². The van der Waals surface area contributed by atoms with E-state index in [9.17, 15) is 0 Å². The number of nitrogens with one attached hydrogen (secondary N) is 1. The van der Waals surface area contributed by atoms with Crippen molar-refractivity contribution in [2.45, 2.75) is 26.7 Å². The highest BCUT2D eigenvalue weighted by Crippen LogP contribution is 2.24. The molecule has 3 nitrogen and oxygen atoms in total. The third-order valence-electron chi connectivity index (χ3n) is 2.16.